The Labute approximate surface area is 85.2 Å². The highest BCUT2D eigenvalue weighted by molar-refractivity contribution is 5.55. The standard InChI is InChI=1S/C12H16O2/c1-4-11-7-5-6-8-12(11)14-9-10(2)13-3/h4-8,10H,1,9H2,2-3H3. The van der Waals surface area contributed by atoms with Crippen molar-refractivity contribution >= 4 is 6.08 Å². The van der Waals surface area contributed by atoms with E-state index in [0.717, 1.165) is 11.3 Å². The van der Waals surface area contributed by atoms with Crippen LogP contribution in [0.1, 0.15) is 12.5 Å². The molecule has 0 amide bonds. The van der Waals surface area contributed by atoms with Crippen molar-refractivity contribution in [1.82, 2.24) is 0 Å². The highest BCUT2D eigenvalue weighted by Gasteiger charge is 2.02. The predicted octanol–water partition coefficient (Wildman–Crippen LogP) is 2.74. The number of rotatable bonds is 5. The molecule has 2 nitrogen and oxygen atoms in total. The van der Waals surface area contributed by atoms with Crippen LogP contribution < -0.4 is 4.74 Å². The lowest BCUT2D eigenvalue weighted by molar-refractivity contribution is 0.0716. The Morgan fingerprint density at radius 1 is 1.43 bits per heavy atom. The molecule has 0 bridgehead atoms. The lowest BCUT2D eigenvalue weighted by atomic mass is 10.2. The fraction of sp³-hybridized carbons (Fsp3) is 0.333. The Kier molecular flexibility index (Phi) is 4.20. The molecule has 0 radical (unpaired) electrons. The summed E-state index contributed by atoms with van der Waals surface area (Å²) in [4.78, 5) is 0. The molecule has 0 spiro atoms. The summed E-state index contributed by atoms with van der Waals surface area (Å²) in [6.45, 7) is 6.25. The fourth-order valence-corrected chi connectivity index (χ4v) is 1.06. The van der Waals surface area contributed by atoms with E-state index in [1.165, 1.54) is 0 Å². The molecule has 76 valence electrons. The summed E-state index contributed by atoms with van der Waals surface area (Å²) < 4.78 is 10.7. The molecule has 1 unspecified atom stereocenters. The Morgan fingerprint density at radius 2 is 2.14 bits per heavy atom. The Bertz CT molecular complexity index is 294. The molecule has 1 aromatic rings. The van der Waals surface area contributed by atoms with Gasteiger partial charge in [0.1, 0.15) is 12.4 Å². The van der Waals surface area contributed by atoms with Gasteiger partial charge in [-0.25, -0.2) is 0 Å². The van der Waals surface area contributed by atoms with Crippen LogP contribution in [0.4, 0.5) is 0 Å². The van der Waals surface area contributed by atoms with Gasteiger partial charge in [0.2, 0.25) is 0 Å². The quantitative estimate of drug-likeness (QED) is 0.714. The Hall–Kier alpha value is -1.28. The van der Waals surface area contributed by atoms with Gasteiger partial charge in [0, 0.05) is 12.7 Å². The van der Waals surface area contributed by atoms with Crippen LogP contribution in [-0.4, -0.2) is 19.8 Å². The van der Waals surface area contributed by atoms with E-state index in [1.807, 2.05) is 31.2 Å². The van der Waals surface area contributed by atoms with Crippen molar-refractivity contribution in [3.63, 3.8) is 0 Å². The molecule has 0 aromatic heterocycles. The zero-order valence-electron chi connectivity index (χ0n) is 8.69. The molecule has 14 heavy (non-hydrogen) atoms. The first-order valence-electron chi connectivity index (χ1n) is 4.65. The van der Waals surface area contributed by atoms with E-state index < -0.39 is 0 Å². The van der Waals surface area contributed by atoms with Crippen molar-refractivity contribution < 1.29 is 9.47 Å². The van der Waals surface area contributed by atoms with Gasteiger partial charge in [0.05, 0.1) is 6.10 Å². The van der Waals surface area contributed by atoms with Crippen LogP contribution in [0.15, 0.2) is 30.8 Å². The molecule has 0 N–H and O–H groups in total. The summed E-state index contributed by atoms with van der Waals surface area (Å²) in [6, 6.07) is 7.81. The monoisotopic (exact) mass is 192 g/mol. The summed E-state index contributed by atoms with van der Waals surface area (Å²) in [5, 5.41) is 0. The zero-order chi connectivity index (χ0) is 10.4. The third-order valence-electron chi connectivity index (χ3n) is 2.01. The largest absolute Gasteiger partial charge is 0.490 e. The SMILES string of the molecule is C=Cc1ccccc1OCC(C)OC. The van der Waals surface area contributed by atoms with Crippen LogP contribution >= 0.6 is 0 Å². The van der Waals surface area contributed by atoms with Gasteiger partial charge in [-0.05, 0) is 13.0 Å². The van der Waals surface area contributed by atoms with Crippen molar-refractivity contribution in [1.29, 1.82) is 0 Å². The minimum Gasteiger partial charge on any atom is -0.490 e. The third kappa shape index (κ3) is 2.89. The van der Waals surface area contributed by atoms with E-state index in [4.69, 9.17) is 9.47 Å². The second kappa shape index (κ2) is 5.45. The van der Waals surface area contributed by atoms with Crippen LogP contribution in [0.25, 0.3) is 6.08 Å². The maximum atomic E-state index is 5.58. The second-order valence-corrected chi connectivity index (χ2v) is 3.10. The lowest BCUT2D eigenvalue weighted by Gasteiger charge is -2.12. The van der Waals surface area contributed by atoms with Crippen LogP contribution in [0.2, 0.25) is 0 Å². The van der Waals surface area contributed by atoms with Gasteiger partial charge in [0.15, 0.2) is 0 Å². The van der Waals surface area contributed by atoms with Crippen molar-refractivity contribution in [3.05, 3.63) is 36.4 Å². The molecular formula is C12H16O2. The summed E-state index contributed by atoms with van der Waals surface area (Å²) in [5.41, 5.74) is 1.01. The molecule has 0 heterocycles. The predicted molar refractivity (Wildman–Crippen MR) is 58.5 cm³/mol. The minimum absolute atomic E-state index is 0.105. The Morgan fingerprint density at radius 3 is 2.79 bits per heavy atom. The number of para-hydroxylation sites is 1. The summed E-state index contributed by atoms with van der Waals surface area (Å²) >= 11 is 0. The van der Waals surface area contributed by atoms with Crippen molar-refractivity contribution in [2.75, 3.05) is 13.7 Å². The lowest BCUT2D eigenvalue weighted by Crippen LogP contribution is -2.16. The minimum atomic E-state index is 0.105. The Balaban J connectivity index is 2.61. The molecular weight excluding hydrogens is 176 g/mol. The van der Waals surface area contributed by atoms with Crippen LogP contribution in [0, 0.1) is 0 Å². The van der Waals surface area contributed by atoms with E-state index in [9.17, 15) is 0 Å². The smallest absolute Gasteiger partial charge is 0.126 e. The molecule has 0 saturated carbocycles. The van der Waals surface area contributed by atoms with Crippen molar-refractivity contribution in [3.8, 4) is 5.75 Å². The van der Waals surface area contributed by atoms with E-state index >= 15 is 0 Å². The molecule has 2 heteroatoms. The van der Waals surface area contributed by atoms with Crippen LogP contribution in [0.5, 0.6) is 5.75 Å². The first-order valence-corrected chi connectivity index (χ1v) is 4.65. The maximum absolute atomic E-state index is 5.58. The molecule has 0 aliphatic heterocycles. The molecule has 1 aromatic carbocycles. The van der Waals surface area contributed by atoms with Crippen LogP contribution in [-0.2, 0) is 4.74 Å². The summed E-state index contributed by atoms with van der Waals surface area (Å²) in [6.07, 6.45) is 1.89. The first kappa shape index (κ1) is 10.8. The average molecular weight is 192 g/mol. The van der Waals surface area contributed by atoms with E-state index in [0.29, 0.717) is 6.61 Å². The number of ether oxygens (including phenoxy) is 2. The fourth-order valence-electron chi connectivity index (χ4n) is 1.06. The maximum Gasteiger partial charge on any atom is 0.126 e. The zero-order valence-corrected chi connectivity index (χ0v) is 8.69. The first-order chi connectivity index (χ1) is 6.77. The number of hydrogen-bond donors (Lipinski definition) is 0. The topological polar surface area (TPSA) is 18.5 Å². The van der Waals surface area contributed by atoms with Crippen LogP contribution in [0.3, 0.4) is 0 Å². The van der Waals surface area contributed by atoms with E-state index in [-0.39, 0.29) is 6.10 Å². The molecule has 0 saturated heterocycles. The van der Waals surface area contributed by atoms with Gasteiger partial charge < -0.3 is 9.47 Å². The molecule has 1 rings (SSSR count). The summed E-state index contributed by atoms with van der Waals surface area (Å²) in [5.74, 6) is 0.853. The van der Waals surface area contributed by atoms with E-state index in [1.54, 1.807) is 13.2 Å². The van der Waals surface area contributed by atoms with Gasteiger partial charge in [-0.15, -0.1) is 0 Å². The second-order valence-electron chi connectivity index (χ2n) is 3.10. The van der Waals surface area contributed by atoms with E-state index in [2.05, 4.69) is 6.58 Å². The van der Waals surface area contributed by atoms with Gasteiger partial charge in [-0.3, -0.25) is 0 Å². The third-order valence-corrected chi connectivity index (χ3v) is 2.01. The number of benzene rings is 1. The molecule has 1 atom stereocenters. The van der Waals surface area contributed by atoms with Gasteiger partial charge in [0.25, 0.3) is 0 Å². The van der Waals surface area contributed by atoms with Gasteiger partial charge in [-0.2, -0.15) is 0 Å². The highest BCUT2D eigenvalue weighted by Crippen LogP contribution is 2.18. The average Bonchev–Trinajstić information content (AvgIpc) is 2.26. The number of hydrogen-bond acceptors (Lipinski definition) is 2. The molecule has 0 aliphatic rings. The van der Waals surface area contributed by atoms with Crippen molar-refractivity contribution in [2.24, 2.45) is 0 Å². The normalized spacial score (nSPS) is 12.1. The molecule has 0 aliphatic carbocycles. The summed E-state index contributed by atoms with van der Waals surface area (Å²) in [7, 11) is 1.67. The highest BCUT2D eigenvalue weighted by atomic mass is 16.5. The van der Waals surface area contributed by atoms with Gasteiger partial charge in [-0.1, -0.05) is 30.9 Å². The van der Waals surface area contributed by atoms with Crippen molar-refractivity contribution in [2.45, 2.75) is 13.0 Å². The molecule has 0 fully saturated rings. The van der Waals surface area contributed by atoms with Gasteiger partial charge >= 0.3 is 0 Å². The number of methoxy groups -OCH3 is 1.